The Labute approximate surface area is 113 Å². The van der Waals surface area contributed by atoms with Crippen LogP contribution in [0, 0.1) is 0 Å². The summed E-state index contributed by atoms with van der Waals surface area (Å²) in [5.74, 6) is 1.84. The fourth-order valence-corrected chi connectivity index (χ4v) is 2.42. The van der Waals surface area contributed by atoms with E-state index in [0.717, 1.165) is 35.7 Å². The number of nitrogens with one attached hydrogen (secondary N) is 1. The molecule has 3 nitrogen and oxygen atoms in total. The molecule has 98 valence electrons. The van der Waals surface area contributed by atoms with Gasteiger partial charge in [0.25, 0.3) is 0 Å². The summed E-state index contributed by atoms with van der Waals surface area (Å²) in [5.41, 5.74) is 3.36. The number of hydrogen-bond donors (Lipinski definition) is 1. The van der Waals surface area contributed by atoms with E-state index in [-0.39, 0.29) is 0 Å². The van der Waals surface area contributed by atoms with Gasteiger partial charge in [-0.25, -0.2) is 0 Å². The van der Waals surface area contributed by atoms with Gasteiger partial charge in [-0.15, -0.1) is 0 Å². The van der Waals surface area contributed by atoms with Crippen LogP contribution in [0.25, 0.3) is 11.1 Å². The van der Waals surface area contributed by atoms with Crippen molar-refractivity contribution in [3.8, 4) is 22.6 Å². The van der Waals surface area contributed by atoms with Crippen LogP contribution in [0.4, 0.5) is 0 Å². The largest absolute Gasteiger partial charge is 0.496 e. The number of hydrogen-bond acceptors (Lipinski definition) is 3. The van der Waals surface area contributed by atoms with E-state index in [4.69, 9.17) is 9.47 Å². The maximum atomic E-state index is 5.92. The molecular weight excluding hydrogens is 238 g/mol. The monoisotopic (exact) mass is 255 g/mol. The normalized spacial score (nSPS) is 14.2. The molecule has 1 heterocycles. The topological polar surface area (TPSA) is 30.5 Å². The Hall–Kier alpha value is -2.00. The standard InChI is InChI=1S/C16H17NO2/c1-18-15-8-3-2-6-13(15)14-7-4-5-12-11-17-9-10-19-16(12)14/h2-8,17H,9-11H2,1H3. The Balaban J connectivity index is 2.15. The summed E-state index contributed by atoms with van der Waals surface area (Å²) in [4.78, 5) is 0. The van der Waals surface area contributed by atoms with Gasteiger partial charge in [-0.3, -0.25) is 0 Å². The van der Waals surface area contributed by atoms with Gasteiger partial charge in [-0.05, 0) is 6.07 Å². The molecule has 3 heteroatoms. The predicted octanol–water partition coefficient (Wildman–Crippen LogP) is 2.84. The molecule has 0 fully saturated rings. The van der Waals surface area contributed by atoms with Crippen molar-refractivity contribution in [1.29, 1.82) is 0 Å². The van der Waals surface area contributed by atoms with Crippen LogP contribution in [0.1, 0.15) is 5.56 Å². The van der Waals surface area contributed by atoms with Crippen molar-refractivity contribution in [2.45, 2.75) is 6.54 Å². The Morgan fingerprint density at radius 3 is 2.79 bits per heavy atom. The smallest absolute Gasteiger partial charge is 0.131 e. The number of para-hydroxylation sites is 2. The van der Waals surface area contributed by atoms with E-state index in [0.29, 0.717) is 6.61 Å². The van der Waals surface area contributed by atoms with Crippen molar-refractivity contribution in [2.24, 2.45) is 0 Å². The number of rotatable bonds is 2. The van der Waals surface area contributed by atoms with Gasteiger partial charge in [0.2, 0.25) is 0 Å². The molecular formula is C16H17NO2. The average molecular weight is 255 g/mol. The molecule has 1 aliphatic heterocycles. The highest BCUT2D eigenvalue weighted by Crippen LogP contribution is 2.38. The minimum absolute atomic E-state index is 0.694. The first-order chi connectivity index (χ1) is 9.40. The highest BCUT2D eigenvalue weighted by Gasteiger charge is 2.16. The zero-order valence-electron chi connectivity index (χ0n) is 11.0. The number of methoxy groups -OCH3 is 1. The van der Waals surface area contributed by atoms with Gasteiger partial charge in [0.1, 0.15) is 18.1 Å². The molecule has 0 spiro atoms. The van der Waals surface area contributed by atoms with Crippen LogP contribution in [-0.2, 0) is 6.54 Å². The SMILES string of the molecule is COc1ccccc1-c1cccc2c1OCCNC2. The van der Waals surface area contributed by atoms with Gasteiger partial charge >= 0.3 is 0 Å². The number of fused-ring (bicyclic) bond motifs is 1. The third-order valence-corrected chi connectivity index (χ3v) is 3.33. The van der Waals surface area contributed by atoms with Crippen molar-refractivity contribution in [3.05, 3.63) is 48.0 Å². The summed E-state index contributed by atoms with van der Waals surface area (Å²) in [7, 11) is 1.70. The van der Waals surface area contributed by atoms with Crippen molar-refractivity contribution in [2.75, 3.05) is 20.3 Å². The van der Waals surface area contributed by atoms with E-state index in [2.05, 4.69) is 29.6 Å². The Bertz CT molecular complexity index is 581. The lowest BCUT2D eigenvalue weighted by Crippen LogP contribution is -2.16. The Kier molecular flexibility index (Phi) is 3.38. The lowest BCUT2D eigenvalue weighted by molar-refractivity contribution is 0.326. The summed E-state index contributed by atoms with van der Waals surface area (Å²) in [5, 5.41) is 3.35. The summed E-state index contributed by atoms with van der Waals surface area (Å²) >= 11 is 0. The zero-order chi connectivity index (χ0) is 13.1. The molecule has 0 aromatic heterocycles. The van der Waals surface area contributed by atoms with Crippen LogP contribution < -0.4 is 14.8 Å². The summed E-state index contributed by atoms with van der Waals surface area (Å²) in [6, 6.07) is 14.3. The lowest BCUT2D eigenvalue weighted by Gasteiger charge is -2.15. The van der Waals surface area contributed by atoms with Gasteiger partial charge in [-0.2, -0.15) is 0 Å². The second kappa shape index (κ2) is 5.33. The minimum atomic E-state index is 0.694. The van der Waals surface area contributed by atoms with Crippen molar-refractivity contribution < 1.29 is 9.47 Å². The molecule has 0 saturated carbocycles. The molecule has 1 aliphatic rings. The number of benzene rings is 2. The van der Waals surface area contributed by atoms with Crippen LogP contribution in [-0.4, -0.2) is 20.3 Å². The van der Waals surface area contributed by atoms with Crippen LogP contribution in [0.5, 0.6) is 11.5 Å². The highest BCUT2D eigenvalue weighted by molar-refractivity contribution is 5.77. The molecule has 2 aromatic carbocycles. The molecule has 1 N–H and O–H groups in total. The maximum Gasteiger partial charge on any atom is 0.131 e. The third kappa shape index (κ3) is 2.29. The van der Waals surface area contributed by atoms with Gasteiger partial charge in [-0.1, -0.05) is 36.4 Å². The quantitative estimate of drug-likeness (QED) is 0.895. The first kappa shape index (κ1) is 12.1. The van der Waals surface area contributed by atoms with E-state index in [1.807, 2.05) is 18.2 Å². The molecule has 0 amide bonds. The van der Waals surface area contributed by atoms with E-state index >= 15 is 0 Å². The first-order valence-electron chi connectivity index (χ1n) is 6.49. The highest BCUT2D eigenvalue weighted by atomic mass is 16.5. The fraction of sp³-hybridized carbons (Fsp3) is 0.250. The molecule has 19 heavy (non-hydrogen) atoms. The molecule has 3 rings (SSSR count). The Morgan fingerprint density at radius 2 is 1.89 bits per heavy atom. The van der Waals surface area contributed by atoms with Crippen molar-refractivity contribution >= 4 is 0 Å². The van der Waals surface area contributed by atoms with Crippen LogP contribution in [0.3, 0.4) is 0 Å². The van der Waals surface area contributed by atoms with Crippen molar-refractivity contribution in [1.82, 2.24) is 5.32 Å². The fourth-order valence-electron chi connectivity index (χ4n) is 2.42. The minimum Gasteiger partial charge on any atom is -0.496 e. The maximum absolute atomic E-state index is 5.92. The van der Waals surface area contributed by atoms with Gasteiger partial charge in [0, 0.05) is 29.8 Å². The predicted molar refractivity (Wildman–Crippen MR) is 75.6 cm³/mol. The van der Waals surface area contributed by atoms with Crippen LogP contribution >= 0.6 is 0 Å². The molecule has 0 aliphatic carbocycles. The molecule has 0 atom stereocenters. The van der Waals surface area contributed by atoms with Crippen LogP contribution in [0.2, 0.25) is 0 Å². The summed E-state index contributed by atoms with van der Waals surface area (Å²) < 4.78 is 11.4. The average Bonchev–Trinajstić information content (AvgIpc) is 2.72. The number of ether oxygens (including phenoxy) is 2. The van der Waals surface area contributed by atoms with Crippen LogP contribution in [0.15, 0.2) is 42.5 Å². The van der Waals surface area contributed by atoms with E-state index in [9.17, 15) is 0 Å². The summed E-state index contributed by atoms with van der Waals surface area (Å²) in [6.07, 6.45) is 0. The van der Waals surface area contributed by atoms with E-state index < -0.39 is 0 Å². The molecule has 0 saturated heterocycles. The lowest BCUT2D eigenvalue weighted by atomic mass is 10.0. The second-order valence-corrected chi connectivity index (χ2v) is 4.52. The second-order valence-electron chi connectivity index (χ2n) is 4.52. The molecule has 0 radical (unpaired) electrons. The van der Waals surface area contributed by atoms with E-state index in [1.54, 1.807) is 7.11 Å². The molecule has 0 bridgehead atoms. The van der Waals surface area contributed by atoms with Gasteiger partial charge in [0.15, 0.2) is 0 Å². The van der Waals surface area contributed by atoms with Gasteiger partial charge < -0.3 is 14.8 Å². The first-order valence-corrected chi connectivity index (χ1v) is 6.49. The van der Waals surface area contributed by atoms with E-state index in [1.165, 1.54) is 5.56 Å². The Morgan fingerprint density at radius 1 is 1.05 bits per heavy atom. The van der Waals surface area contributed by atoms with Crippen molar-refractivity contribution in [3.63, 3.8) is 0 Å². The third-order valence-electron chi connectivity index (χ3n) is 3.33. The summed E-state index contributed by atoms with van der Waals surface area (Å²) in [6.45, 7) is 2.41. The molecule has 0 unspecified atom stereocenters. The molecule has 2 aromatic rings. The van der Waals surface area contributed by atoms with Gasteiger partial charge in [0.05, 0.1) is 7.11 Å². The zero-order valence-corrected chi connectivity index (χ0v) is 11.0.